The highest BCUT2D eigenvalue weighted by Crippen LogP contribution is 2.70. The second-order valence-electron chi connectivity index (χ2n) is 15.2. The van der Waals surface area contributed by atoms with Gasteiger partial charge >= 0.3 is 0 Å². The van der Waals surface area contributed by atoms with Crippen LogP contribution < -0.4 is 0 Å². The van der Waals surface area contributed by atoms with E-state index in [1.807, 2.05) is 6.92 Å². The Kier molecular flexibility index (Phi) is 8.24. The van der Waals surface area contributed by atoms with Crippen LogP contribution >= 0.6 is 0 Å². The maximum absolute atomic E-state index is 11.8. The van der Waals surface area contributed by atoms with Gasteiger partial charge in [0.25, 0.3) is 0 Å². The molecule has 0 aromatic carbocycles. The van der Waals surface area contributed by atoms with Crippen LogP contribution in [0.1, 0.15) is 91.9 Å². The molecule has 8 heteroatoms. The van der Waals surface area contributed by atoms with Crippen LogP contribution in [0.4, 0.5) is 0 Å². The minimum atomic E-state index is -1.45. The molecule has 8 nitrogen and oxygen atoms in total. The molecule has 2 heterocycles. The number of rotatable bonds is 7. The number of hydrogen-bond acceptors (Lipinski definition) is 8. The lowest BCUT2D eigenvalue weighted by Crippen LogP contribution is -2.59. The molecule has 2 aliphatic heterocycles. The molecule has 0 amide bonds. The molecule has 6 aliphatic rings. The first kappa shape index (κ1) is 30.4. The van der Waals surface area contributed by atoms with Crippen molar-refractivity contribution < 1.29 is 39.7 Å². The zero-order valence-electron chi connectivity index (χ0n) is 25.5. The molecular weight excluding hydrogens is 524 g/mol. The summed E-state index contributed by atoms with van der Waals surface area (Å²) < 4.78 is 17.8. The van der Waals surface area contributed by atoms with Crippen molar-refractivity contribution in [3.63, 3.8) is 0 Å². The third-order valence-corrected chi connectivity index (χ3v) is 13.1. The summed E-state index contributed by atoms with van der Waals surface area (Å²) in [4.78, 5) is 0. The van der Waals surface area contributed by atoms with Crippen LogP contribution in [0.25, 0.3) is 0 Å². The molecule has 0 spiro atoms. The van der Waals surface area contributed by atoms with Gasteiger partial charge in [-0.3, -0.25) is 0 Å². The molecule has 234 valence electrons. The number of hydrogen-bond donors (Lipinski definition) is 5. The predicted octanol–water partition coefficient (Wildman–Crippen LogP) is 3.52. The molecule has 5 fully saturated rings. The Morgan fingerprint density at radius 3 is 2.61 bits per heavy atom. The van der Waals surface area contributed by atoms with E-state index < -0.39 is 43.1 Å². The number of ether oxygens (including phenoxy) is 3. The quantitative estimate of drug-likeness (QED) is 0.290. The van der Waals surface area contributed by atoms with E-state index in [1.165, 1.54) is 44.9 Å². The SMILES string of the molecule is C[C@@H](CC[C@@]1(O)O[C@H]2C[C@H]3[C@@H]4CC=C5CCCC[C@]5(C)[C@H]4CC[C@]3(C)[C@H]2[C@@H]1C)CO[C@@H]1O[C@H](CO)[C@@H](O)[C@@H](O)[C@H]1O. The van der Waals surface area contributed by atoms with Crippen LogP contribution in [-0.2, 0) is 14.2 Å². The van der Waals surface area contributed by atoms with Gasteiger partial charge < -0.3 is 39.7 Å². The van der Waals surface area contributed by atoms with Crippen molar-refractivity contribution >= 4 is 0 Å². The van der Waals surface area contributed by atoms with Crippen molar-refractivity contribution in [2.24, 2.45) is 46.3 Å². The van der Waals surface area contributed by atoms with E-state index in [0.29, 0.717) is 30.1 Å². The standard InChI is InChI=1S/C33H54O8/c1-18(17-39-30-29(37)28(36)27(35)25(16-34)40-30)10-14-33(38)19(2)26-24(41-33)15-23-21-9-8-20-7-5-6-12-31(20,3)22(21)11-13-32(23,26)4/h8,18-19,21-30,34-38H,5-7,9-17H2,1-4H3/t18-,19-,21+,22-,23-,24-,25+,26-,27+,28+,29+,30+,31-,32-,33+/m0/s1. The van der Waals surface area contributed by atoms with Gasteiger partial charge in [0.1, 0.15) is 24.4 Å². The zero-order chi connectivity index (χ0) is 29.3. The summed E-state index contributed by atoms with van der Waals surface area (Å²) in [7, 11) is 0. The van der Waals surface area contributed by atoms with Gasteiger partial charge in [-0.15, -0.1) is 0 Å². The second kappa shape index (κ2) is 11.1. The lowest BCUT2D eigenvalue weighted by atomic mass is 9.47. The largest absolute Gasteiger partial charge is 0.394 e. The molecule has 0 unspecified atom stereocenters. The van der Waals surface area contributed by atoms with Crippen LogP contribution in [0.15, 0.2) is 11.6 Å². The Balaban J connectivity index is 1.06. The molecule has 3 saturated carbocycles. The summed E-state index contributed by atoms with van der Waals surface area (Å²) in [5, 5.41) is 51.5. The Morgan fingerprint density at radius 1 is 1.07 bits per heavy atom. The first-order valence-electron chi connectivity index (χ1n) is 16.4. The van der Waals surface area contributed by atoms with Gasteiger partial charge in [0, 0.05) is 12.3 Å². The van der Waals surface area contributed by atoms with Crippen molar-refractivity contribution in [3.8, 4) is 0 Å². The number of aliphatic hydroxyl groups is 5. The van der Waals surface area contributed by atoms with Crippen LogP contribution in [0, 0.1) is 46.3 Å². The van der Waals surface area contributed by atoms with E-state index in [-0.39, 0.29) is 30.0 Å². The van der Waals surface area contributed by atoms with E-state index in [2.05, 4.69) is 26.8 Å². The molecule has 4 aliphatic carbocycles. The minimum absolute atomic E-state index is 0.0425. The van der Waals surface area contributed by atoms with Crippen LogP contribution in [0.5, 0.6) is 0 Å². The molecule has 6 rings (SSSR count). The van der Waals surface area contributed by atoms with Gasteiger partial charge in [-0.05, 0) is 91.8 Å². The van der Waals surface area contributed by atoms with E-state index in [1.54, 1.807) is 5.57 Å². The molecular formula is C33H54O8. The van der Waals surface area contributed by atoms with Crippen molar-refractivity contribution in [1.29, 1.82) is 0 Å². The smallest absolute Gasteiger partial charge is 0.186 e. The molecule has 0 radical (unpaired) electrons. The fourth-order valence-corrected chi connectivity index (χ4v) is 10.7. The summed E-state index contributed by atoms with van der Waals surface area (Å²) in [6, 6.07) is 0. The van der Waals surface area contributed by atoms with E-state index in [4.69, 9.17) is 14.2 Å². The highest BCUT2D eigenvalue weighted by Gasteiger charge is 2.67. The average molecular weight is 579 g/mol. The third kappa shape index (κ3) is 4.87. The summed E-state index contributed by atoms with van der Waals surface area (Å²) in [5.41, 5.74) is 2.33. The average Bonchev–Trinajstić information content (AvgIpc) is 3.39. The normalized spacial score (nSPS) is 53.6. The summed E-state index contributed by atoms with van der Waals surface area (Å²) >= 11 is 0. The van der Waals surface area contributed by atoms with Crippen LogP contribution in [-0.4, -0.2) is 81.3 Å². The fourth-order valence-electron chi connectivity index (χ4n) is 10.7. The Morgan fingerprint density at radius 2 is 1.85 bits per heavy atom. The van der Waals surface area contributed by atoms with E-state index in [0.717, 1.165) is 18.3 Å². The van der Waals surface area contributed by atoms with Gasteiger partial charge in [0.2, 0.25) is 0 Å². The highest BCUT2D eigenvalue weighted by molar-refractivity contribution is 5.25. The summed E-state index contributed by atoms with van der Waals surface area (Å²) in [5.74, 6) is 1.48. The van der Waals surface area contributed by atoms with Crippen molar-refractivity contribution in [3.05, 3.63) is 11.6 Å². The monoisotopic (exact) mass is 578 g/mol. The predicted molar refractivity (Wildman–Crippen MR) is 152 cm³/mol. The fraction of sp³-hybridized carbons (Fsp3) is 0.939. The maximum atomic E-state index is 11.8. The number of aliphatic hydroxyl groups excluding tert-OH is 4. The van der Waals surface area contributed by atoms with Crippen molar-refractivity contribution in [2.75, 3.05) is 13.2 Å². The van der Waals surface area contributed by atoms with Gasteiger partial charge in [-0.1, -0.05) is 45.8 Å². The Bertz CT molecular complexity index is 986. The van der Waals surface area contributed by atoms with E-state index >= 15 is 0 Å². The van der Waals surface area contributed by atoms with Gasteiger partial charge in [-0.2, -0.15) is 0 Å². The lowest BCUT2D eigenvalue weighted by Gasteiger charge is -2.58. The minimum Gasteiger partial charge on any atom is -0.394 e. The third-order valence-electron chi connectivity index (χ3n) is 13.1. The summed E-state index contributed by atoms with van der Waals surface area (Å²) in [6.45, 7) is 9.04. The Hall–Kier alpha value is -0.580. The van der Waals surface area contributed by atoms with Crippen molar-refractivity contribution in [1.82, 2.24) is 0 Å². The number of fused-ring (bicyclic) bond motifs is 7. The molecule has 2 saturated heterocycles. The van der Waals surface area contributed by atoms with Gasteiger partial charge in [-0.25, -0.2) is 0 Å². The first-order chi connectivity index (χ1) is 19.4. The maximum Gasteiger partial charge on any atom is 0.186 e. The molecule has 0 aromatic rings. The van der Waals surface area contributed by atoms with Crippen LogP contribution in [0.2, 0.25) is 0 Å². The Labute approximate surface area is 245 Å². The highest BCUT2D eigenvalue weighted by atomic mass is 16.7. The van der Waals surface area contributed by atoms with Gasteiger partial charge in [0.15, 0.2) is 12.1 Å². The zero-order valence-corrected chi connectivity index (χ0v) is 25.5. The first-order valence-corrected chi connectivity index (χ1v) is 16.4. The molecule has 0 aromatic heterocycles. The van der Waals surface area contributed by atoms with Crippen molar-refractivity contribution in [2.45, 2.75) is 135 Å². The van der Waals surface area contributed by atoms with Gasteiger partial charge in [0.05, 0.1) is 19.3 Å². The lowest BCUT2D eigenvalue weighted by molar-refractivity contribution is -0.303. The number of allylic oxidation sites excluding steroid dienone is 2. The van der Waals surface area contributed by atoms with E-state index in [9.17, 15) is 25.5 Å². The molecule has 5 N–H and O–H groups in total. The molecule has 0 bridgehead atoms. The van der Waals surface area contributed by atoms with Crippen LogP contribution in [0.3, 0.4) is 0 Å². The molecule has 41 heavy (non-hydrogen) atoms. The molecule has 15 atom stereocenters. The topological polar surface area (TPSA) is 129 Å². The second-order valence-corrected chi connectivity index (χ2v) is 15.2. The summed E-state index contributed by atoms with van der Waals surface area (Å²) in [6.07, 6.45) is 7.71.